The quantitative estimate of drug-likeness (QED) is 0.464. The maximum Gasteiger partial charge on any atom is 0.330 e. The minimum Gasteiger partial charge on any atom is -0.496 e. The minimum atomic E-state index is -1.60. The van der Waals surface area contributed by atoms with Gasteiger partial charge in [0.25, 0.3) is 5.91 Å². The molecule has 4 rings (SSSR count). The number of hydrogen-bond donors (Lipinski definition) is 2. The van der Waals surface area contributed by atoms with Gasteiger partial charge in [0.1, 0.15) is 16.3 Å². The van der Waals surface area contributed by atoms with Crippen molar-refractivity contribution in [2.24, 2.45) is 5.92 Å². The molecule has 0 spiro atoms. The van der Waals surface area contributed by atoms with Gasteiger partial charge in [-0.05, 0) is 54.1 Å². The van der Waals surface area contributed by atoms with E-state index in [1.54, 1.807) is 36.9 Å². The zero-order chi connectivity index (χ0) is 26.3. The third-order valence-electron chi connectivity index (χ3n) is 6.75. The maximum absolute atomic E-state index is 14.3. The molecule has 3 heterocycles. The number of methoxy groups -OCH3 is 1. The number of hydrogen-bond acceptors (Lipinski definition) is 8. The lowest BCUT2D eigenvalue weighted by atomic mass is 9.85. The average Bonchev–Trinajstić information content (AvgIpc) is 3.57. The van der Waals surface area contributed by atoms with Gasteiger partial charge in [-0.3, -0.25) is 4.79 Å². The van der Waals surface area contributed by atoms with Crippen molar-refractivity contribution in [2.45, 2.75) is 57.5 Å². The van der Waals surface area contributed by atoms with Crippen LogP contribution >= 0.6 is 22.9 Å². The van der Waals surface area contributed by atoms with Crippen LogP contribution in [0.2, 0.25) is 0 Å². The number of carbonyl (C=O) groups is 2. The second-order valence-electron chi connectivity index (χ2n) is 10.2. The highest BCUT2D eigenvalue weighted by Crippen LogP contribution is 2.50. The molecule has 2 N–H and O–H groups in total. The number of aliphatic hydroxyl groups excluding tert-OH is 1. The van der Waals surface area contributed by atoms with E-state index in [9.17, 15) is 19.8 Å². The Hall–Kier alpha value is -2.82. The first-order chi connectivity index (χ1) is 17.0. The van der Waals surface area contributed by atoms with E-state index in [1.165, 1.54) is 27.8 Å². The molecule has 0 bridgehead atoms. The van der Waals surface area contributed by atoms with Gasteiger partial charge in [0.05, 0.1) is 18.8 Å². The summed E-state index contributed by atoms with van der Waals surface area (Å²) in [6.07, 6.45) is 1.83. The molecular formula is C26H31N3O5S2. The molecule has 1 aromatic carbocycles. The van der Waals surface area contributed by atoms with E-state index in [2.05, 4.69) is 30.1 Å². The summed E-state index contributed by atoms with van der Waals surface area (Å²) < 4.78 is 9.96. The molecule has 1 aliphatic rings. The van der Waals surface area contributed by atoms with Gasteiger partial charge in [-0.25, -0.2) is 9.78 Å². The first-order valence-electron chi connectivity index (χ1n) is 11.7. The minimum absolute atomic E-state index is 0.0339. The lowest BCUT2D eigenvalue weighted by Crippen LogP contribution is -2.55. The van der Waals surface area contributed by atoms with Crippen LogP contribution in [-0.4, -0.2) is 55.6 Å². The van der Waals surface area contributed by atoms with Gasteiger partial charge >= 0.3 is 5.97 Å². The molecule has 1 fully saturated rings. The summed E-state index contributed by atoms with van der Waals surface area (Å²) in [5.74, 6) is -1.50. The summed E-state index contributed by atoms with van der Waals surface area (Å²) in [5.41, 5.74) is 0.0434. The van der Waals surface area contributed by atoms with Crippen LogP contribution in [0.1, 0.15) is 64.7 Å². The van der Waals surface area contributed by atoms with Crippen LogP contribution in [0.5, 0.6) is 5.75 Å². The molecule has 1 aliphatic heterocycles. The average molecular weight is 530 g/mol. The van der Waals surface area contributed by atoms with Crippen LogP contribution in [0.3, 0.4) is 0 Å². The van der Waals surface area contributed by atoms with Crippen molar-refractivity contribution < 1.29 is 24.5 Å². The van der Waals surface area contributed by atoms with E-state index in [4.69, 9.17) is 4.74 Å². The monoisotopic (exact) mass is 529 g/mol. The molecule has 1 saturated heterocycles. The van der Waals surface area contributed by atoms with E-state index in [0.29, 0.717) is 22.0 Å². The number of nitrogens with zero attached hydrogens (tertiary/aromatic N) is 3. The van der Waals surface area contributed by atoms with Crippen LogP contribution in [0.25, 0.3) is 0 Å². The zero-order valence-electron chi connectivity index (χ0n) is 21.0. The number of carboxylic acids is 1. The topological polar surface area (TPSA) is 113 Å². The van der Waals surface area contributed by atoms with Crippen molar-refractivity contribution in [3.63, 3.8) is 0 Å². The highest BCUT2D eigenvalue weighted by molar-refractivity contribution is 7.11. The first kappa shape index (κ1) is 26.2. The van der Waals surface area contributed by atoms with Gasteiger partial charge in [-0.15, -0.1) is 11.3 Å². The molecule has 2 aromatic heterocycles. The molecule has 1 amide bonds. The van der Waals surface area contributed by atoms with E-state index in [-0.39, 0.29) is 24.9 Å². The SMILES string of the molecule is COc1cc(C(=O)N2[C@@H](c3ncc(C)s3)[C@@H](CO)C[C@@]2(Cc2ccsn2)C(=O)O)ccc1C(C)(C)C. The largest absolute Gasteiger partial charge is 0.496 e. The van der Waals surface area contributed by atoms with Crippen LogP contribution in [-0.2, 0) is 16.6 Å². The molecule has 0 radical (unpaired) electrons. The summed E-state index contributed by atoms with van der Waals surface area (Å²) in [4.78, 5) is 34.1. The molecule has 0 aliphatic carbocycles. The number of aliphatic hydroxyl groups is 1. The van der Waals surface area contributed by atoms with E-state index < -0.39 is 29.4 Å². The normalized spacial score (nSPS) is 22.1. The number of aliphatic carboxylic acids is 1. The van der Waals surface area contributed by atoms with Crippen LogP contribution in [0.15, 0.2) is 35.8 Å². The van der Waals surface area contributed by atoms with E-state index in [0.717, 1.165) is 10.4 Å². The lowest BCUT2D eigenvalue weighted by molar-refractivity contribution is -0.149. The second kappa shape index (κ2) is 9.91. The summed E-state index contributed by atoms with van der Waals surface area (Å²) in [5, 5.41) is 23.4. The number of ether oxygens (including phenoxy) is 1. The Labute approximate surface area is 218 Å². The molecule has 8 nitrogen and oxygen atoms in total. The molecule has 0 saturated carbocycles. The summed E-state index contributed by atoms with van der Waals surface area (Å²) >= 11 is 2.64. The number of thiazole rings is 1. The number of amides is 1. The van der Waals surface area contributed by atoms with Crippen molar-refractivity contribution in [1.29, 1.82) is 0 Å². The van der Waals surface area contributed by atoms with Crippen molar-refractivity contribution in [2.75, 3.05) is 13.7 Å². The number of likely N-dealkylation sites (tertiary alicyclic amines) is 1. The Kier molecular flexibility index (Phi) is 7.23. The van der Waals surface area contributed by atoms with Crippen molar-refractivity contribution in [3.8, 4) is 5.75 Å². The highest BCUT2D eigenvalue weighted by Gasteiger charge is 2.59. The maximum atomic E-state index is 14.3. The van der Waals surface area contributed by atoms with Crippen LogP contribution in [0, 0.1) is 12.8 Å². The number of rotatable bonds is 7. The third-order valence-corrected chi connectivity index (χ3v) is 8.33. The fraction of sp³-hybridized carbons (Fsp3) is 0.462. The fourth-order valence-corrected chi connectivity index (χ4v) is 6.56. The van der Waals surface area contributed by atoms with Crippen LogP contribution in [0.4, 0.5) is 0 Å². The molecule has 3 atom stereocenters. The van der Waals surface area contributed by atoms with Gasteiger partial charge in [-0.2, -0.15) is 4.37 Å². The Balaban J connectivity index is 1.89. The predicted octanol–water partition coefficient (Wildman–Crippen LogP) is 4.48. The second-order valence-corrected chi connectivity index (χ2v) is 12.2. The van der Waals surface area contributed by atoms with Gasteiger partial charge in [-0.1, -0.05) is 26.8 Å². The van der Waals surface area contributed by atoms with Crippen molar-refractivity contribution in [1.82, 2.24) is 14.3 Å². The molecular weight excluding hydrogens is 498 g/mol. The summed E-state index contributed by atoms with van der Waals surface area (Å²) in [6.45, 7) is 7.81. The summed E-state index contributed by atoms with van der Waals surface area (Å²) in [6, 6.07) is 6.33. The molecule has 0 unspecified atom stereocenters. The zero-order valence-corrected chi connectivity index (χ0v) is 22.7. The van der Waals surface area contributed by atoms with Crippen LogP contribution < -0.4 is 4.74 Å². The van der Waals surface area contributed by atoms with E-state index in [1.807, 2.05) is 13.0 Å². The lowest BCUT2D eigenvalue weighted by Gasteiger charge is -2.37. The van der Waals surface area contributed by atoms with Crippen molar-refractivity contribution in [3.05, 3.63) is 62.5 Å². The van der Waals surface area contributed by atoms with Gasteiger partial charge in [0, 0.05) is 41.0 Å². The van der Waals surface area contributed by atoms with Crippen molar-refractivity contribution >= 4 is 34.7 Å². The number of carboxylic acid groups (broad SMARTS) is 1. The first-order valence-corrected chi connectivity index (χ1v) is 13.3. The Bertz CT molecular complexity index is 1250. The van der Waals surface area contributed by atoms with E-state index >= 15 is 0 Å². The molecule has 3 aromatic rings. The third kappa shape index (κ3) is 4.65. The highest BCUT2D eigenvalue weighted by atomic mass is 32.1. The fourth-order valence-electron chi connectivity index (χ4n) is 5.06. The molecule has 10 heteroatoms. The Morgan fingerprint density at radius 3 is 2.56 bits per heavy atom. The Morgan fingerprint density at radius 2 is 2.03 bits per heavy atom. The number of benzene rings is 1. The van der Waals surface area contributed by atoms with Gasteiger partial charge < -0.3 is 19.8 Å². The molecule has 192 valence electrons. The number of aromatic nitrogens is 2. The van der Waals surface area contributed by atoms with Gasteiger partial charge in [0.15, 0.2) is 0 Å². The Morgan fingerprint density at radius 1 is 1.28 bits per heavy atom. The standard InChI is InChI=1S/C26H31N3O5S2/c1-15-13-27-22(36-15)21-17(14-30)11-26(24(32)33,12-18-8-9-35-28-18)29(21)23(31)16-6-7-19(25(2,3)4)20(10-16)34-5/h6-10,13,17,21,30H,11-12,14H2,1-5H3,(H,32,33)/t17-,21-,26-/m1/s1. The number of carbonyl (C=O) groups excluding carboxylic acids is 1. The summed E-state index contributed by atoms with van der Waals surface area (Å²) in [7, 11) is 1.56. The predicted molar refractivity (Wildman–Crippen MR) is 139 cm³/mol. The number of aryl methyl sites for hydroxylation is 1. The smallest absolute Gasteiger partial charge is 0.330 e. The van der Waals surface area contributed by atoms with Gasteiger partial charge in [0.2, 0.25) is 0 Å². The molecule has 36 heavy (non-hydrogen) atoms.